The van der Waals surface area contributed by atoms with Crippen molar-refractivity contribution in [2.75, 3.05) is 0 Å². The zero-order chi connectivity index (χ0) is 18.9. The first-order valence-corrected chi connectivity index (χ1v) is 12.2. The Hall–Kier alpha value is -0.723. The Morgan fingerprint density at radius 1 is 1.21 bits per heavy atom. The van der Waals surface area contributed by atoms with Crippen LogP contribution in [0, 0.1) is 5.82 Å². The molecular formula is C17H27ClFNO2SSi. The summed E-state index contributed by atoms with van der Waals surface area (Å²) >= 11 is 6.15. The van der Waals surface area contributed by atoms with Crippen LogP contribution in [0.1, 0.15) is 47.1 Å². The van der Waals surface area contributed by atoms with Gasteiger partial charge in [-0.2, -0.15) is 4.40 Å². The Bertz CT molecular complexity index is 664. The molecular weight excluding hydrogens is 365 g/mol. The van der Waals surface area contributed by atoms with E-state index in [1.54, 1.807) is 6.07 Å². The van der Waals surface area contributed by atoms with E-state index < -0.39 is 29.9 Å². The summed E-state index contributed by atoms with van der Waals surface area (Å²) in [5.74, 6) is -0.518. The zero-order valence-corrected chi connectivity index (χ0v) is 18.2. The summed E-state index contributed by atoms with van der Waals surface area (Å²) in [6.07, 6.45) is 1.28. The molecule has 0 aliphatic carbocycles. The standard InChI is InChI=1S/C17H27ClFNO2SSi/c1-16(2,3)23(21)20-11-12-9-10-13(18)15(14(12)19)22-24(7,8)17(4,5)6/h9-11H,1-8H3/t23-/m1/s1. The Morgan fingerprint density at radius 3 is 2.21 bits per heavy atom. The number of hydrogen-bond acceptors (Lipinski definition) is 2. The summed E-state index contributed by atoms with van der Waals surface area (Å²) in [6.45, 7) is 15.7. The molecule has 0 unspecified atom stereocenters. The molecule has 1 aromatic carbocycles. The van der Waals surface area contributed by atoms with Crippen LogP contribution in [0.5, 0.6) is 5.75 Å². The molecule has 0 aliphatic heterocycles. The van der Waals surface area contributed by atoms with Crippen molar-refractivity contribution in [1.29, 1.82) is 0 Å². The van der Waals surface area contributed by atoms with Gasteiger partial charge in [0.1, 0.15) is 11.0 Å². The van der Waals surface area contributed by atoms with E-state index >= 15 is 0 Å². The Kier molecular flexibility index (Phi) is 6.45. The minimum atomic E-state index is -2.24. The molecule has 0 amide bonds. The van der Waals surface area contributed by atoms with Gasteiger partial charge in [-0.25, -0.2) is 8.60 Å². The van der Waals surface area contributed by atoms with E-state index in [9.17, 15) is 8.60 Å². The first-order valence-electron chi connectivity index (χ1n) is 7.80. The molecule has 0 N–H and O–H groups in total. The highest BCUT2D eigenvalue weighted by atomic mass is 35.5. The quantitative estimate of drug-likeness (QED) is 0.484. The van der Waals surface area contributed by atoms with Crippen LogP contribution >= 0.6 is 11.6 Å². The van der Waals surface area contributed by atoms with Crippen LogP contribution in [0.3, 0.4) is 0 Å². The highest BCUT2D eigenvalue weighted by Gasteiger charge is 2.40. The van der Waals surface area contributed by atoms with Crippen molar-refractivity contribution >= 4 is 37.1 Å². The largest absolute Gasteiger partial charge is 0.541 e. The van der Waals surface area contributed by atoms with Gasteiger partial charge in [0.2, 0.25) is 0 Å². The number of nitrogens with zero attached hydrogens (tertiary/aromatic N) is 1. The van der Waals surface area contributed by atoms with Gasteiger partial charge < -0.3 is 4.43 Å². The van der Waals surface area contributed by atoms with Gasteiger partial charge in [-0.1, -0.05) is 32.4 Å². The average molecular weight is 392 g/mol. The second-order valence-electron chi connectivity index (χ2n) is 8.24. The topological polar surface area (TPSA) is 38.7 Å². The van der Waals surface area contributed by atoms with Crippen molar-refractivity contribution in [3.63, 3.8) is 0 Å². The van der Waals surface area contributed by atoms with Crippen molar-refractivity contribution in [2.45, 2.75) is 64.4 Å². The van der Waals surface area contributed by atoms with Crippen LogP contribution in [-0.4, -0.2) is 23.5 Å². The first-order chi connectivity index (χ1) is 10.7. The summed E-state index contributed by atoms with van der Waals surface area (Å²) in [5.41, 5.74) is 0.214. The molecule has 136 valence electrons. The highest BCUT2D eigenvalue weighted by Crippen LogP contribution is 2.40. The lowest BCUT2D eigenvalue weighted by Gasteiger charge is -2.36. The van der Waals surface area contributed by atoms with Gasteiger partial charge in [-0.15, -0.1) is 0 Å². The van der Waals surface area contributed by atoms with Gasteiger partial charge in [-0.3, -0.25) is 0 Å². The fourth-order valence-electron chi connectivity index (χ4n) is 1.41. The SMILES string of the molecule is CC(C)(C)[S@@](=O)N=Cc1ccc(Cl)c(O[Si](C)(C)C(C)(C)C)c1F. The maximum absolute atomic E-state index is 14.8. The zero-order valence-electron chi connectivity index (χ0n) is 15.7. The summed E-state index contributed by atoms with van der Waals surface area (Å²) in [6, 6.07) is 3.09. The Morgan fingerprint density at radius 2 is 1.75 bits per heavy atom. The summed E-state index contributed by atoms with van der Waals surface area (Å²) in [7, 11) is -3.69. The smallest absolute Gasteiger partial charge is 0.250 e. The van der Waals surface area contributed by atoms with E-state index in [1.165, 1.54) is 12.3 Å². The van der Waals surface area contributed by atoms with Gasteiger partial charge in [0.05, 0.1) is 9.77 Å². The molecule has 1 rings (SSSR count). The number of halogens is 2. The molecule has 0 saturated carbocycles. The maximum Gasteiger partial charge on any atom is 0.250 e. The minimum Gasteiger partial charge on any atom is -0.541 e. The monoisotopic (exact) mass is 391 g/mol. The summed E-state index contributed by atoms with van der Waals surface area (Å²) in [4.78, 5) is 0. The van der Waals surface area contributed by atoms with E-state index in [0.717, 1.165) is 0 Å². The van der Waals surface area contributed by atoms with Crippen molar-refractivity contribution < 1.29 is 13.0 Å². The van der Waals surface area contributed by atoms with Crippen molar-refractivity contribution in [2.24, 2.45) is 4.40 Å². The van der Waals surface area contributed by atoms with Gasteiger partial charge >= 0.3 is 0 Å². The van der Waals surface area contributed by atoms with Gasteiger partial charge in [0, 0.05) is 11.8 Å². The number of rotatable bonds is 4. The molecule has 0 bridgehead atoms. The third kappa shape index (κ3) is 5.13. The van der Waals surface area contributed by atoms with E-state index in [4.69, 9.17) is 16.0 Å². The van der Waals surface area contributed by atoms with Crippen LogP contribution in [0.15, 0.2) is 16.5 Å². The van der Waals surface area contributed by atoms with Gasteiger partial charge in [-0.05, 0) is 51.0 Å². The summed E-state index contributed by atoms with van der Waals surface area (Å²) < 4.78 is 36.3. The molecule has 7 heteroatoms. The fourth-order valence-corrected chi connectivity index (χ4v) is 3.20. The van der Waals surface area contributed by atoms with Crippen LogP contribution in [0.2, 0.25) is 23.2 Å². The normalized spacial score (nSPS) is 14.9. The number of hydrogen-bond donors (Lipinski definition) is 0. The second kappa shape index (κ2) is 7.26. The molecule has 3 nitrogen and oxygen atoms in total. The molecule has 1 aromatic rings. The molecule has 0 spiro atoms. The van der Waals surface area contributed by atoms with E-state index in [1.807, 2.05) is 33.9 Å². The van der Waals surface area contributed by atoms with Crippen LogP contribution in [-0.2, 0) is 11.0 Å². The van der Waals surface area contributed by atoms with E-state index in [2.05, 4.69) is 25.2 Å². The van der Waals surface area contributed by atoms with Crippen LogP contribution in [0.4, 0.5) is 4.39 Å². The highest BCUT2D eigenvalue weighted by molar-refractivity contribution is 7.85. The molecule has 0 fully saturated rings. The van der Waals surface area contributed by atoms with Crippen LogP contribution < -0.4 is 4.43 Å². The lowest BCUT2D eigenvalue weighted by Crippen LogP contribution is -2.44. The Labute approximate surface area is 153 Å². The number of benzene rings is 1. The van der Waals surface area contributed by atoms with Crippen molar-refractivity contribution in [3.8, 4) is 5.75 Å². The summed E-state index contributed by atoms with van der Waals surface area (Å²) in [5, 5.41) is 0.145. The molecule has 0 saturated heterocycles. The van der Waals surface area contributed by atoms with Crippen LogP contribution in [0.25, 0.3) is 0 Å². The van der Waals surface area contributed by atoms with E-state index in [-0.39, 0.29) is 21.4 Å². The predicted octanol–water partition coefficient (Wildman–Crippen LogP) is 5.74. The lowest BCUT2D eigenvalue weighted by atomic mass is 10.2. The average Bonchev–Trinajstić information content (AvgIpc) is 2.40. The van der Waals surface area contributed by atoms with Crippen molar-refractivity contribution in [3.05, 3.63) is 28.5 Å². The fraction of sp³-hybridized carbons (Fsp3) is 0.588. The molecule has 0 aromatic heterocycles. The Balaban J connectivity index is 3.23. The molecule has 0 heterocycles. The van der Waals surface area contributed by atoms with E-state index in [0.29, 0.717) is 0 Å². The maximum atomic E-state index is 14.8. The first kappa shape index (κ1) is 21.3. The van der Waals surface area contributed by atoms with Crippen molar-refractivity contribution in [1.82, 2.24) is 0 Å². The molecule has 1 atom stereocenters. The molecule has 0 aliphatic rings. The van der Waals surface area contributed by atoms with Gasteiger partial charge in [0.25, 0.3) is 8.32 Å². The van der Waals surface area contributed by atoms with Gasteiger partial charge in [0.15, 0.2) is 11.6 Å². The minimum absolute atomic E-state index is 0.0498. The predicted molar refractivity (Wildman–Crippen MR) is 105 cm³/mol. The third-order valence-corrected chi connectivity index (χ3v) is 10.0. The molecule has 24 heavy (non-hydrogen) atoms. The third-order valence-electron chi connectivity index (χ3n) is 4.05. The lowest BCUT2D eigenvalue weighted by molar-refractivity contribution is 0.457. The second-order valence-corrected chi connectivity index (χ2v) is 15.3. The molecule has 0 radical (unpaired) electrons.